The molecule has 2 aromatic rings. The van der Waals surface area contributed by atoms with Crippen molar-refractivity contribution < 1.29 is 17.9 Å². The lowest BCUT2D eigenvalue weighted by Crippen LogP contribution is -2.09. The van der Waals surface area contributed by atoms with E-state index in [-0.39, 0.29) is 5.75 Å². The predicted octanol–water partition coefficient (Wildman–Crippen LogP) is 6.35. The van der Waals surface area contributed by atoms with E-state index in [2.05, 4.69) is 17.1 Å². The Kier molecular flexibility index (Phi) is 7.68. The summed E-state index contributed by atoms with van der Waals surface area (Å²) in [6, 6.07) is 4.05. The van der Waals surface area contributed by atoms with E-state index in [9.17, 15) is 13.2 Å². The van der Waals surface area contributed by atoms with Gasteiger partial charge in [-0.3, -0.25) is 0 Å². The van der Waals surface area contributed by atoms with E-state index < -0.39 is 11.7 Å². The van der Waals surface area contributed by atoms with E-state index in [0.717, 1.165) is 25.3 Å². The molecule has 1 aromatic carbocycles. The highest BCUT2D eigenvalue weighted by Crippen LogP contribution is 2.39. The van der Waals surface area contributed by atoms with E-state index in [0.29, 0.717) is 17.2 Å². The molecule has 0 bridgehead atoms. The minimum Gasteiger partial charge on any atom is -0.493 e. The molecule has 0 radical (unpaired) electrons. The van der Waals surface area contributed by atoms with Gasteiger partial charge in [-0.1, -0.05) is 56.8 Å². The number of ether oxygens (including phenoxy) is 1. The van der Waals surface area contributed by atoms with Gasteiger partial charge in [-0.2, -0.15) is 13.2 Å². The monoisotopic (exact) mass is 372 g/mol. The fraction of sp³-hybridized carbons (Fsp3) is 0.556. The average molecular weight is 372 g/mol. The lowest BCUT2D eigenvalue weighted by atomic mass is 10.1. The van der Waals surface area contributed by atoms with Crippen LogP contribution in [0.5, 0.6) is 5.75 Å². The second-order valence-electron chi connectivity index (χ2n) is 5.92. The van der Waals surface area contributed by atoms with E-state index >= 15 is 0 Å². The molecular weight excluding hydrogens is 349 g/mol. The maximum absolute atomic E-state index is 13.3. The number of aromatic nitrogens is 2. The molecule has 138 valence electrons. The highest BCUT2D eigenvalue weighted by Gasteiger charge is 2.35. The first-order valence-electron chi connectivity index (χ1n) is 8.63. The van der Waals surface area contributed by atoms with Crippen LogP contribution in [0.15, 0.2) is 23.7 Å². The first kappa shape index (κ1) is 19.7. The zero-order valence-electron chi connectivity index (χ0n) is 14.3. The molecule has 0 aliphatic rings. The van der Waals surface area contributed by atoms with Gasteiger partial charge in [-0.15, -0.1) is 10.2 Å². The molecule has 0 aliphatic carbocycles. The van der Waals surface area contributed by atoms with Crippen molar-refractivity contribution >= 4 is 11.3 Å². The first-order valence-corrected chi connectivity index (χ1v) is 9.51. The molecule has 0 saturated heterocycles. The van der Waals surface area contributed by atoms with Gasteiger partial charge in [0, 0.05) is 5.56 Å². The van der Waals surface area contributed by atoms with Crippen LogP contribution in [-0.2, 0) is 6.18 Å². The molecule has 0 saturated carbocycles. The third kappa shape index (κ3) is 6.30. The molecule has 0 fully saturated rings. The van der Waals surface area contributed by atoms with Gasteiger partial charge in [0.2, 0.25) is 0 Å². The standard InChI is InChI=1S/C18H23F3N2OS/c1-2-3-4-5-6-7-8-11-24-16-10-9-14(17-23-22-13-25-17)12-15(16)18(19,20)21/h9-10,12-13H,2-8,11H2,1H3. The summed E-state index contributed by atoms with van der Waals surface area (Å²) in [5.41, 5.74) is 1.13. The van der Waals surface area contributed by atoms with Crippen LogP contribution < -0.4 is 4.74 Å². The molecule has 7 heteroatoms. The van der Waals surface area contributed by atoms with Gasteiger partial charge in [0.05, 0.1) is 12.2 Å². The Morgan fingerprint density at radius 3 is 2.40 bits per heavy atom. The van der Waals surface area contributed by atoms with Gasteiger partial charge >= 0.3 is 6.18 Å². The molecule has 3 nitrogen and oxygen atoms in total. The molecular formula is C18H23F3N2OS. The quantitative estimate of drug-likeness (QED) is 0.456. The summed E-state index contributed by atoms with van der Waals surface area (Å²) < 4.78 is 45.3. The fourth-order valence-electron chi connectivity index (χ4n) is 2.55. The Hall–Kier alpha value is -1.63. The SMILES string of the molecule is CCCCCCCCCOc1ccc(-c2nncs2)cc1C(F)(F)F. The van der Waals surface area contributed by atoms with Gasteiger partial charge in [0.1, 0.15) is 16.3 Å². The van der Waals surface area contributed by atoms with Gasteiger partial charge < -0.3 is 4.74 Å². The number of hydrogen-bond donors (Lipinski definition) is 0. The summed E-state index contributed by atoms with van der Waals surface area (Å²) in [6.45, 7) is 2.47. The Morgan fingerprint density at radius 1 is 1.04 bits per heavy atom. The van der Waals surface area contributed by atoms with Crippen molar-refractivity contribution in [1.29, 1.82) is 0 Å². The second kappa shape index (κ2) is 9.75. The highest BCUT2D eigenvalue weighted by atomic mass is 32.1. The molecule has 2 rings (SSSR count). The molecule has 0 unspecified atom stereocenters. The van der Waals surface area contributed by atoms with Crippen molar-refractivity contribution in [2.45, 2.75) is 58.0 Å². The van der Waals surface area contributed by atoms with Crippen LogP contribution in [0.1, 0.15) is 57.4 Å². The van der Waals surface area contributed by atoms with Crippen LogP contribution in [0.3, 0.4) is 0 Å². The zero-order valence-corrected chi connectivity index (χ0v) is 15.1. The van der Waals surface area contributed by atoms with Crippen LogP contribution in [0.4, 0.5) is 13.2 Å². The van der Waals surface area contributed by atoms with Crippen LogP contribution in [0, 0.1) is 0 Å². The van der Waals surface area contributed by atoms with E-state index in [1.807, 2.05) is 0 Å². The predicted molar refractivity (Wildman–Crippen MR) is 93.8 cm³/mol. The molecule has 0 N–H and O–H groups in total. The normalized spacial score (nSPS) is 11.7. The van der Waals surface area contributed by atoms with Gasteiger partial charge in [0.25, 0.3) is 0 Å². The Bertz CT molecular complexity index is 630. The maximum atomic E-state index is 13.3. The molecule has 1 heterocycles. The number of rotatable bonds is 10. The number of halogens is 3. The van der Waals surface area contributed by atoms with Crippen LogP contribution in [0.2, 0.25) is 0 Å². The van der Waals surface area contributed by atoms with Crippen LogP contribution in [0.25, 0.3) is 10.6 Å². The van der Waals surface area contributed by atoms with Crippen LogP contribution in [-0.4, -0.2) is 16.8 Å². The van der Waals surface area contributed by atoms with Gasteiger partial charge in [-0.25, -0.2) is 0 Å². The van der Waals surface area contributed by atoms with Crippen molar-refractivity contribution in [2.75, 3.05) is 6.61 Å². The zero-order chi connectivity index (χ0) is 18.1. The Morgan fingerprint density at radius 2 is 1.76 bits per heavy atom. The van der Waals surface area contributed by atoms with Gasteiger partial charge in [-0.05, 0) is 24.6 Å². The number of hydrogen-bond acceptors (Lipinski definition) is 4. The maximum Gasteiger partial charge on any atom is 0.419 e. The number of unbranched alkanes of at least 4 members (excludes halogenated alkanes) is 6. The van der Waals surface area contributed by atoms with Crippen molar-refractivity contribution in [3.63, 3.8) is 0 Å². The molecule has 0 aliphatic heterocycles. The number of nitrogens with zero attached hydrogens (tertiary/aromatic N) is 2. The van der Waals surface area contributed by atoms with E-state index in [1.54, 1.807) is 6.07 Å². The van der Waals surface area contributed by atoms with E-state index in [1.165, 1.54) is 48.6 Å². The molecule has 0 spiro atoms. The molecule has 25 heavy (non-hydrogen) atoms. The lowest BCUT2D eigenvalue weighted by molar-refractivity contribution is -0.138. The smallest absolute Gasteiger partial charge is 0.419 e. The summed E-state index contributed by atoms with van der Waals surface area (Å²) in [5.74, 6) is -0.119. The number of alkyl halides is 3. The lowest BCUT2D eigenvalue weighted by Gasteiger charge is -2.15. The van der Waals surface area contributed by atoms with E-state index in [4.69, 9.17) is 4.74 Å². The first-order chi connectivity index (χ1) is 12.0. The van der Waals surface area contributed by atoms with Crippen molar-refractivity contribution in [1.82, 2.24) is 10.2 Å². The van der Waals surface area contributed by atoms with Crippen molar-refractivity contribution in [2.24, 2.45) is 0 Å². The third-order valence-electron chi connectivity index (χ3n) is 3.90. The Labute approximate surface area is 150 Å². The second-order valence-corrected chi connectivity index (χ2v) is 6.76. The molecule has 1 aromatic heterocycles. The summed E-state index contributed by atoms with van der Waals surface area (Å²) in [6.07, 6.45) is 3.24. The topological polar surface area (TPSA) is 35.0 Å². The largest absolute Gasteiger partial charge is 0.493 e. The van der Waals surface area contributed by atoms with Crippen molar-refractivity contribution in [3.8, 4) is 16.3 Å². The summed E-state index contributed by atoms with van der Waals surface area (Å²) in [7, 11) is 0. The minimum absolute atomic E-state index is 0.119. The van der Waals surface area contributed by atoms with Gasteiger partial charge in [0.15, 0.2) is 0 Å². The minimum atomic E-state index is -4.46. The summed E-state index contributed by atoms with van der Waals surface area (Å²) >= 11 is 1.20. The van der Waals surface area contributed by atoms with Crippen molar-refractivity contribution in [3.05, 3.63) is 29.3 Å². The molecule has 0 atom stereocenters. The molecule has 0 amide bonds. The highest BCUT2D eigenvalue weighted by molar-refractivity contribution is 7.12. The third-order valence-corrected chi connectivity index (χ3v) is 4.64. The average Bonchev–Trinajstić information content (AvgIpc) is 3.11. The van der Waals surface area contributed by atoms with Crippen LogP contribution >= 0.6 is 11.3 Å². The summed E-state index contributed by atoms with van der Waals surface area (Å²) in [4.78, 5) is 0. The summed E-state index contributed by atoms with van der Waals surface area (Å²) in [5, 5.41) is 7.94. The number of benzene rings is 1. The Balaban J connectivity index is 1.91. The fourth-order valence-corrected chi connectivity index (χ4v) is 3.10.